The van der Waals surface area contributed by atoms with E-state index in [1.807, 2.05) is 54.6 Å². The number of amidine groups is 1. The van der Waals surface area contributed by atoms with Crippen molar-refractivity contribution in [3.63, 3.8) is 0 Å². The average Bonchev–Trinajstić information content (AvgIpc) is 2.50. The Bertz CT molecular complexity index is 674. The molecule has 21 heavy (non-hydrogen) atoms. The van der Waals surface area contributed by atoms with Gasteiger partial charge in [-0.15, -0.1) is 0 Å². The van der Waals surface area contributed by atoms with Crippen molar-refractivity contribution >= 4 is 55.1 Å². The van der Waals surface area contributed by atoms with Crippen LogP contribution >= 0.6 is 39.9 Å². The maximum absolute atomic E-state index is 5.62. The van der Waals surface area contributed by atoms with Crippen molar-refractivity contribution in [1.82, 2.24) is 0 Å². The number of anilines is 1. The molecule has 0 aliphatic carbocycles. The van der Waals surface area contributed by atoms with Gasteiger partial charge in [0.15, 0.2) is 5.17 Å². The minimum Gasteiger partial charge on any atom is -0.448 e. The lowest BCUT2D eigenvalue weighted by Crippen LogP contribution is -2.20. The van der Waals surface area contributed by atoms with Crippen LogP contribution in [0.25, 0.3) is 0 Å². The fraction of sp³-hybridized carbons (Fsp3) is 0.0667. The second kappa shape index (κ2) is 6.60. The summed E-state index contributed by atoms with van der Waals surface area (Å²) in [6.45, 7) is 0. The molecule has 0 radical (unpaired) electrons. The molecule has 6 heteroatoms. The predicted molar refractivity (Wildman–Crippen MR) is 95.7 cm³/mol. The third-order valence-electron chi connectivity index (χ3n) is 2.80. The number of nitrogens with zero attached hydrogens (tertiary/aromatic N) is 1. The molecule has 0 saturated carbocycles. The highest BCUT2D eigenvalue weighted by atomic mass is 79.9. The quantitative estimate of drug-likeness (QED) is 0.748. The zero-order valence-corrected chi connectivity index (χ0v) is 14.0. The van der Waals surface area contributed by atoms with Gasteiger partial charge in [-0.1, -0.05) is 46.3 Å². The summed E-state index contributed by atoms with van der Waals surface area (Å²) >= 11 is 9.95. The molecule has 1 atom stereocenters. The van der Waals surface area contributed by atoms with Crippen LogP contribution in [-0.4, -0.2) is 9.55 Å². The molecule has 106 valence electrons. The summed E-state index contributed by atoms with van der Waals surface area (Å²) < 4.78 is 7.12. The van der Waals surface area contributed by atoms with Crippen molar-refractivity contribution in [3.8, 4) is 0 Å². The van der Waals surface area contributed by atoms with Gasteiger partial charge in [0.1, 0.15) is 0 Å². The first kappa shape index (κ1) is 14.6. The van der Waals surface area contributed by atoms with E-state index in [9.17, 15) is 0 Å². The molecule has 1 N–H and O–H groups in total. The van der Waals surface area contributed by atoms with E-state index >= 15 is 0 Å². The Labute approximate surface area is 140 Å². The lowest BCUT2D eigenvalue weighted by molar-refractivity contribution is 0.215. The summed E-state index contributed by atoms with van der Waals surface area (Å²) in [5.74, 6) is 0. The summed E-state index contributed by atoms with van der Waals surface area (Å²) in [4.78, 5) is 4.57. The fourth-order valence-electron chi connectivity index (χ4n) is 1.83. The van der Waals surface area contributed by atoms with E-state index in [4.69, 9.17) is 17.0 Å². The summed E-state index contributed by atoms with van der Waals surface area (Å²) in [7, 11) is 0. The molecule has 2 aromatic rings. The van der Waals surface area contributed by atoms with E-state index in [0.717, 1.165) is 20.9 Å². The standard InChI is InChI=1S/C15H11BrN2OS2/c16-11-6-8-12(9-7-11)17-14-18-13(19-15(20)21-14)10-4-2-1-3-5-10/h1-9,13H,(H,17,18). The van der Waals surface area contributed by atoms with Gasteiger partial charge in [-0.2, -0.15) is 0 Å². The van der Waals surface area contributed by atoms with Crippen molar-refractivity contribution in [1.29, 1.82) is 0 Å². The normalized spacial score (nSPS) is 17.9. The van der Waals surface area contributed by atoms with Crippen LogP contribution in [0.1, 0.15) is 11.8 Å². The van der Waals surface area contributed by atoms with E-state index in [-0.39, 0.29) is 0 Å². The van der Waals surface area contributed by atoms with Crippen LogP contribution in [0.2, 0.25) is 0 Å². The van der Waals surface area contributed by atoms with Gasteiger partial charge in [0.2, 0.25) is 10.6 Å². The second-order valence-corrected chi connectivity index (χ2v) is 6.81. The van der Waals surface area contributed by atoms with Crippen LogP contribution < -0.4 is 5.32 Å². The minimum absolute atomic E-state index is 0.391. The molecular formula is C15H11BrN2OS2. The Morgan fingerprint density at radius 3 is 2.52 bits per heavy atom. The molecule has 1 unspecified atom stereocenters. The molecule has 0 spiro atoms. The number of halogens is 1. The molecule has 0 bridgehead atoms. The van der Waals surface area contributed by atoms with Gasteiger partial charge in [0.05, 0.1) is 0 Å². The van der Waals surface area contributed by atoms with Crippen LogP contribution in [0, 0.1) is 0 Å². The topological polar surface area (TPSA) is 33.6 Å². The van der Waals surface area contributed by atoms with Crippen molar-refractivity contribution in [3.05, 3.63) is 64.6 Å². The molecule has 3 rings (SSSR count). The first-order valence-corrected chi connectivity index (χ1v) is 8.26. The molecule has 0 aromatic heterocycles. The highest BCUT2D eigenvalue weighted by Crippen LogP contribution is 2.29. The summed E-state index contributed by atoms with van der Waals surface area (Å²) in [5.41, 5.74) is 1.94. The smallest absolute Gasteiger partial charge is 0.230 e. The lowest BCUT2D eigenvalue weighted by Gasteiger charge is -2.22. The van der Waals surface area contributed by atoms with Crippen LogP contribution in [0.15, 0.2) is 64.1 Å². The summed E-state index contributed by atoms with van der Waals surface area (Å²) in [6, 6.07) is 17.7. The number of hydrogen-bond acceptors (Lipinski definition) is 5. The highest BCUT2D eigenvalue weighted by molar-refractivity contribution is 9.10. The Kier molecular flexibility index (Phi) is 4.57. The molecule has 0 fully saturated rings. The van der Waals surface area contributed by atoms with Gasteiger partial charge in [-0.25, -0.2) is 4.99 Å². The molecule has 3 nitrogen and oxygen atoms in total. The average molecular weight is 379 g/mol. The minimum atomic E-state index is -0.391. The van der Waals surface area contributed by atoms with Crippen molar-refractivity contribution in [2.24, 2.45) is 4.99 Å². The highest BCUT2D eigenvalue weighted by Gasteiger charge is 2.22. The van der Waals surface area contributed by atoms with Gasteiger partial charge in [-0.3, -0.25) is 0 Å². The van der Waals surface area contributed by atoms with E-state index in [1.54, 1.807) is 0 Å². The molecule has 0 saturated heterocycles. The number of ether oxygens (including phenoxy) is 1. The Morgan fingerprint density at radius 1 is 1.10 bits per heavy atom. The zero-order valence-electron chi connectivity index (χ0n) is 10.8. The lowest BCUT2D eigenvalue weighted by atomic mass is 10.2. The first-order valence-electron chi connectivity index (χ1n) is 6.24. The molecule has 1 aliphatic rings. The molecule has 1 heterocycles. The largest absolute Gasteiger partial charge is 0.448 e. The molecule has 1 aliphatic heterocycles. The van der Waals surface area contributed by atoms with Crippen LogP contribution in [0.5, 0.6) is 0 Å². The molecular weight excluding hydrogens is 368 g/mol. The van der Waals surface area contributed by atoms with Crippen LogP contribution in [0.4, 0.5) is 5.69 Å². The summed E-state index contributed by atoms with van der Waals surface area (Å²) in [5, 5.41) is 4.00. The van der Waals surface area contributed by atoms with Crippen molar-refractivity contribution in [2.75, 3.05) is 5.32 Å². The van der Waals surface area contributed by atoms with E-state index in [1.165, 1.54) is 11.8 Å². The van der Waals surface area contributed by atoms with Gasteiger partial charge in [0, 0.05) is 15.7 Å². The zero-order chi connectivity index (χ0) is 14.7. The Morgan fingerprint density at radius 2 is 1.81 bits per heavy atom. The summed E-state index contributed by atoms with van der Waals surface area (Å²) in [6.07, 6.45) is -0.391. The molecule has 0 amide bonds. The number of thioether (sulfide) groups is 1. The Hall–Kier alpha value is -1.37. The van der Waals surface area contributed by atoms with Gasteiger partial charge >= 0.3 is 0 Å². The van der Waals surface area contributed by atoms with Crippen molar-refractivity contribution in [2.45, 2.75) is 6.23 Å². The molecule has 2 aromatic carbocycles. The van der Waals surface area contributed by atoms with Gasteiger partial charge in [-0.05, 0) is 48.2 Å². The van der Waals surface area contributed by atoms with Gasteiger partial charge in [0.25, 0.3) is 0 Å². The second-order valence-electron chi connectivity index (χ2n) is 4.30. The van der Waals surface area contributed by atoms with E-state index < -0.39 is 6.23 Å². The third kappa shape index (κ3) is 3.84. The number of rotatable bonds is 2. The van der Waals surface area contributed by atoms with Crippen LogP contribution in [0.3, 0.4) is 0 Å². The van der Waals surface area contributed by atoms with Crippen LogP contribution in [-0.2, 0) is 4.74 Å². The predicted octanol–water partition coefficient (Wildman–Crippen LogP) is 4.96. The van der Waals surface area contributed by atoms with E-state index in [2.05, 4.69) is 26.2 Å². The SMILES string of the molecule is S=C1OC(c2ccccc2)N=C(Nc2ccc(Br)cc2)S1. The number of thiocarbonyl (C=S) groups is 1. The Balaban J connectivity index is 1.82. The van der Waals surface area contributed by atoms with Crippen molar-refractivity contribution < 1.29 is 4.74 Å². The van der Waals surface area contributed by atoms with E-state index in [0.29, 0.717) is 4.38 Å². The number of aliphatic imine (C=N–C) groups is 1. The number of nitrogens with one attached hydrogen (secondary N) is 1. The fourth-order valence-corrected chi connectivity index (χ4v) is 3.03. The maximum atomic E-state index is 5.62. The monoisotopic (exact) mass is 378 g/mol. The number of benzene rings is 2. The van der Waals surface area contributed by atoms with Gasteiger partial charge < -0.3 is 10.1 Å². The third-order valence-corrected chi connectivity index (χ3v) is 4.34. The number of hydrogen-bond donors (Lipinski definition) is 1. The maximum Gasteiger partial charge on any atom is 0.230 e. The first-order chi connectivity index (χ1) is 10.2.